The van der Waals surface area contributed by atoms with Crippen LogP contribution in [0.1, 0.15) is 6.42 Å². The summed E-state index contributed by atoms with van der Waals surface area (Å²) >= 11 is 0. The van der Waals surface area contributed by atoms with Gasteiger partial charge >= 0.3 is 6.09 Å². The number of halogens is 1. The molecular weight excluding hydrogens is 399 g/mol. The van der Waals surface area contributed by atoms with Gasteiger partial charge in [-0.3, -0.25) is 14.5 Å². The fraction of sp³-hybridized carbons (Fsp3) is 0.389. The third-order valence-electron chi connectivity index (χ3n) is 4.84. The topological polar surface area (TPSA) is 116 Å². The van der Waals surface area contributed by atoms with Crippen molar-refractivity contribution >= 4 is 42.3 Å². The van der Waals surface area contributed by atoms with Gasteiger partial charge in [-0.25, -0.2) is 14.2 Å². The number of oxime groups is 1. The lowest BCUT2D eigenvalue weighted by Gasteiger charge is -2.27. The molecule has 3 aliphatic rings. The van der Waals surface area contributed by atoms with Crippen LogP contribution in [-0.4, -0.2) is 74.4 Å². The Morgan fingerprint density at radius 1 is 1.37 bits per heavy atom. The molecule has 2 atom stereocenters. The van der Waals surface area contributed by atoms with E-state index in [9.17, 15) is 18.8 Å². The van der Waals surface area contributed by atoms with Crippen LogP contribution in [0.4, 0.5) is 20.6 Å². The van der Waals surface area contributed by atoms with E-state index in [0.717, 1.165) is 0 Å². The smallest absolute Gasteiger partial charge is 0.414 e. The maximum Gasteiger partial charge on any atom is 0.414 e. The van der Waals surface area contributed by atoms with Crippen LogP contribution in [0.25, 0.3) is 0 Å². The molecule has 30 heavy (non-hydrogen) atoms. The highest BCUT2D eigenvalue weighted by atomic mass is 19.1. The molecule has 1 aromatic carbocycles. The summed E-state index contributed by atoms with van der Waals surface area (Å²) in [5.74, 6) is -0.879. The number of rotatable bonds is 6. The minimum atomic E-state index is -0.670. The zero-order valence-electron chi connectivity index (χ0n) is 15.8. The number of hydrogen-bond donors (Lipinski definition) is 1. The fourth-order valence-corrected chi connectivity index (χ4v) is 3.23. The minimum absolute atomic E-state index is 0.110. The molecule has 1 saturated heterocycles. The van der Waals surface area contributed by atoms with Crippen molar-refractivity contribution in [1.82, 2.24) is 10.3 Å². The second kappa shape index (κ2) is 8.35. The highest BCUT2D eigenvalue weighted by Crippen LogP contribution is 2.28. The summed E-state index contributed by atoms with van der Waals surface area (Å²) in [5.41, 5.74) is 0.620. The van der Waals surface area contributed by atoms with Gasteiger partial charge in [0.2, 0.25) is 12.5 Å². The van der Waals surface area contributed by atoms with E-state index in [1.807, 2.05) is 0 Å². The van der Waals surface area contributed by atoms with Crippen molar-refractivity contribution in [3.63, 3.8) is 0 Å². The number of nitrogens with one attached hydrogen (secondary N) is 1. The van der Waals surface area contributed by atoms with E-state index >= 15 is 0 Å². The van der Waals surface area contributed by atoms with Crippen molar-refractivity contribution in [2.24, 2.45) is 10.3 Å². The zero-order chi connectivity index (χ0) is 21.1. The van der Waals surface area contributed by atoms with Crippen molar-refractivity contribution in [3.8, 4) is 0 Å². The normalized spacial score (nSPS) is 22.8. The van der Waals surface area contributed by atoms with Crippen LogP contribution in [0.2, 0.25) is 0 Å². The SMILES string of the molecule is O=CN1CCN(c2ccc(N3C[C@H](CNC(=O)C4CC=NO4)OC3=O)cc2F)C=N1. The Morgan fingerprint density at radius 2 is 2.23 bits per heavy atom. The number of hydrogen-bond acceptors (Lipinski definition) is 8. The van der Waals surface area contributed by atoms with E-state index in [4.69, 9.17) is 9.57 Å². The number of amides is 3. The minimum Gasteiger partial charge on any atom is -0.442 e. The summed E-state index contributed by atoms with van der Waals surface area (Å²) in [6.07, 6.45) is 2.00. The first-order valence-corrected chi connectivity index (χ1v) is 9.31. The molecule has 1 fully saturated rings. The summed E-state index contributed by atoms with van der Waals surface area (Å²) in [6.45, 7) is 1.01. The van der Waals surface area contributed by atoms with Crippen LogP contribution in [0, 0.1) is 5.82 Å². The molecule has 158 valence electrons. The van der Waals surface area contributed by atoms with Gasteiger partial charge in [0.25, 0.3) is 5.91 Å². The van der Waals surface area contributed by atoms with Crippen LogP contribution in [0.15, 0.2) is 28.5 Å². The Morgan fingerprint density at radius 3 is 2.90 bits per heavy atom. The van der Waals surface area contributed by atoms with Gasteiger partial charge in [0.15, 0.2) is 0 Å². The lowest BCUT2D eigenvalue weighted by atomic mass is 10.2. The molecule has 1 unspecified atom stereocenters. The van der Waals surface area contributed by atoms with E-state index in [1.165, 1.54) is 34.6 Å². The first-order valence-electron chi connectivity index (χ1n) is 9.31. The molecule has 4 rings (SSSR count). The lowest BCUT2D eigenvalue weighted by Crippen LogP contribution is -2.40. The number of ether oxygens (including phenoxy) is 1. The lowest BCUT2D eigenvalue weighted by molar-refractivity contribution is -0.131. The van der Waals surface area contributed by atoms with Crippen molar-refractivity contribution in [2.45, 2.75) is 18.6 Å². The molecule has 0 spiro atoms. The van der Waals surface area contributed by atoms with Gasteiger partial charge in [-0.05, 0) is 18.2 Å². The van der Waals surface area contributed by atoms with Crippen molar-refractivity contribution < 1.29 is 28.3 Å². The quantitative estimate of drug-likeness (QED) is 0.663. The van der Waals surface area contributed by atoms with Crippen molar-refractivity contribution in [2.75, 3.05) is 36.0 Å². The van der Waals surface area contributed by atoms with Crippen molar-refractivity contribution in [1.29, 1.82) is 0 Å². The van der Waals surface area contributed by atoms with Crippen LogP contribution in [-0.2, 0) is 19.2 Å². The molecule has 12 heteroatoms. The van der Waals surface area contributed by atoms with E-state index in [0.29, 0.717) is 31.6 Å². The average Bonchev–Trinajstić information content (AvgIpc) is 3.42. The van der Waals surface area contributed by atoms with Crippen LogP contribution in [0.3, 0.4) is 0 Å². The predicted molar refractivity (Wildman–Crippen MR) is 104 cm³/mol. The van der Waals surface area contributed by atoms with E-state index in [-0.39, 0.29) is 24.7 Å². The molecule has 1 aromatic rings. The Kier molecular flexibility index (Phi) is 5.46. The maximum absolute atomic E-state index is 14.7. The summed E-state index contributed by atoms with van der Waals surface area (Å²) < 4.78 is 19.9. The van der Waals surface area contributed by atoms with Gasteiger partial charge in [0, 0.05) is 19.2 Å². The fourth-order valence-electron chi connectivity index (χ4n) is 3.23. The molecular formula is C18H19FN6O5. The second-order valence-corrected chi connectivity index (χ2v) is 6.81. The van der Waals surface area contributed by atoms with E-state index < -0.39 is 24.1 Å². The molecule has 3 amide bonds. The standard InChI is InChI=1S/C18H19FN6O5/c19-14-7-12(1-2-15(14)23-5-6-24(11-26)21-10-23)25-9-13(29-18(25)28)8-20-17(27)16-3-4-22-30-16/h1-2,4,7,10-11,13,16H,3,5-6,8-9H2,(H,20,27)/t13-,16?/m0/s1. The molecule has 1 N–H and O–H groups in total. The Bertz CT molecular complexity index is 901. The third kappa shape index (κ3) is 4.02. The molecule has 3 heterocycles. The molecule has 3 aliphatic heterocycles. The van der Waals surface area contributed by atoms with Crippen LogP contribution < -0.4 is 15.1 Å². The Balaban J connectivity index is 1.37. The van der Waals surface area contributed by atoms with Gasteiger partial charge in [-0.1, -0.05) is 5.16 Å². The first-order chi connectivity index (χ1) is 14.5. The summed E-state index contributed by atoms with van der Waals surface area (Å²) in [4.78, 5) is 42.6. The number of nitrogens with zero attached hydrogens (tertiary/aromatic N) is 5. The molecule has 0 bridgehead atoms. The van der Waals surface area contributed by atoms with Gasteiger partial charge in [-0.15, -0.1) is 0 Å². The van der Waals surface area contributed by atoms with Gasteiger partial charge < -0.3 is 19.8 Å². The monoisotopic (exact) mass is 418 g/mol. The molecule has 0 aromatic heterocycles. The molecule has 0 radical (unpaired) electrons. The third-order valence-corrected chi connectivity index (χ3v) is 4.84. The molecule has 0 aliphatic carbocycles. The van der Waals surface area contributed by atoms with Crippen LogP contribution >= 0.6 is 0 Å². The average molecular weight is 418 g/mol. The van der Waals surface area contributed by atoms with Crippen molar-refractivity contribution in [3.05, 3.63) is 24.0 Å². The number of anilines is 2. The number of carbonyl (C=O) groups is 3. The number of hydrazone groups is 1. The highest BCUT2D eigenvalue weighted by Gasteiger charge is 2.34. The van der Waals surface area contributed by atoms with Gasteiger partial charge in [0.05, 0.1) is 31.0 Å². The highest BCUT2D eigenvalue weighted by molar-refractivity contribution is 5.91. The second-order valence-electron chi connectivity index (χ2n) is 6.81. The number of carbonyl (C=O) groups excluding carboxylic acids is 3. The molecule has 0 saturated carbocycles. The largest absolute Gasteiger partial charge is 0.442 e. The first kappa shape index (κ1) is 19.6. The number of cyclic esters (lactones) is 1. The number of benzene rings is 1. The molecule has 11 nitrogen and oxygen atoms in total. The maximum atomic E-state index is 14.7. The van der Waals surface area contributed by atoms with E-state index in [2.05, 4.69) is 15.6 Å². The Hall–Kier alpha value is -3.70. The van der Waals surface area contributed by atoms with Gasteiger partial charge in [0.1, 0.15) is 18.3 Å². The summed E-state index contributed by atoms with van der Waals surface area (Å²) in [5, 5.41) is 11.3. The predicted octanol–water partition coefficient (Wildman–Crippen LogP) is 0.264. The zero-order valence-corrected chi connectivity index (χ0v) is 15.8. The van der Waals surface area contributed by atoms with Crippen LogP contribution in [0.5, 0.6) is 0 Å². The van der Waals surface area contributed by atoms with E-state index in [1.54, 1.807) is 11.0 Å². The Labute approximate surface area is 170 Å². The summed E-state index contributed by atoms with van der Waals surface area (Å²) in [7, 11) is 0. The summed E-state index contributed by atoms with van der Waals surface area (Å²) in [6, 6.07) is 4.37. The van der Waals surface area contributed by atoms with Gasteiger partial charge in [-0.2, -0.15) is 5.10 Å².